The fourth-order valence-corrected chi connectivity index (χ4v) is 1.86. The first kappa shape index (κ1) is 16.5. The fraction of sp³-hybridized carbons (Fsp3) is 0.467. The molecule has 0 unspecified atom stereocenters. The van der Waals surface area contributed by atoms with Gasteiger partial charge in [0.1, 0.15) is 0 Å². The van der Waals surface area contributed by atoms with Crippen molar-refractivity contribution in [3.05, 3.63) is 29.3 Å². The van der Waals surface area contributed by atoms with E-state index in [0.29, 0.717) is 17.3 Å². The van der Waals surface area contributed by atoms with Crippen molar-refractivity contribution in [1.82, 2.24) is 5.32 Å². The van der Waals surface area contributed by atoms with E-state index in [9.17, 15) is 9.59 Å². The van der Waals surface area contributed by atoms with Gasteiger partial charge in [-0.3, -0.25) is 9.59 Å². The van der Waals surface area contributed by atoms with Gasteiger partial charge >= 0.3 is 11.8 Å². The van der Waals surface area contributed by atoms with Crippen LogP contribution in [-0.2, 0) is 9.59 Å². The zero-order valence-corrected chi connectivity index (χ0v) is 12.5. The molecule has 0 spiro atoms. The number of hydrogen-bond acceptors (Lipinski definition) is 2. The normalized spacial score (nSPS) is 10.1. The Morgan fingerprint density at radius 1 is 1.00 bits per heavy atom. The summed E-state index contributed by atoms with van der Waals surface area (Å²) in [4.78, 5) is 23.2. The summed E-state index contributed by atoms with van der Waals surface area (Å²) in [6.45, 7) is 2.69. The SMILES string of the molecule is CCCCCCCNC(=O)C(=O)Nc1ccc(Cl)cc1. The van der Waals surface area contributed by atoms with E-state index < -0.39 is 11.8 Å². The van der Waals surface area contributed by atoms with Gasteiger partial charge in [-0.05, 0) is 30.7 Å². The van der Waals surface area contributed by atoms with Crippen LogP contribution >= 0.6 is 11.6 Å². The first-order valence-corrected chi connectivity index (χ1v) is 7.36. The maximum absolute atomic E-state index is 11.6. The molecule has 0 saturated carbocycles. The van der Waals surface area contributed by atoms with Gasteiger partial charge in [0, 0.05) is 17.3 Å². The van der Waals surface area contributed by atoms with E-state index in [-0.39, 0.29) is 0 Å². The van der Waals surface area contributed by atoms with Crippen molar-refractivity contribution in [1.29, 1.82) is 0 Å². The summed E-state index contributed by atoms with van der Waals surface area (Å²) in [5.74, 6) is -1.25. The summed E-state index contributed by atoms with van der Waals surface area (Å²) < 4.78 is 0. The number of hydrogen-bond donors (Lipinski definition) is 2. The maximum Gasteiger partial charge on any atom is 0.313 e. The minimum absolute atomic E-state index is 0.538. The molecule has 0 radical (unpaired) electrons. The Kier molecular flexibility index (Phi) is 7.73. The molecular weight excluding hydrogens is 276 g/mol. The summed E-state index contributed by atoms with van der Waals surface area (Å²) in [6, 6.07) is 6.61. The lowest BCUT2D eigenvalue weighted by atomic mass is 10.1. The van der Waals surface area contributed by atoms with Crippen molar-refractivity contribution >= 4 is 29.1 Å². The molecule has 0 aliphatic carbocycles. The monoisotopic (exact) mass is 296 g/mol. The lowest BCUT2D eigenvalue weighted by molar-refractivity contribution is -0.136. The van der Waals surface area contributed by atoms with E-state index in [1.807, 2.05) is 0 Å². The lowest BCUT2D eigenvalue weighted by Crippen LogP contribution is -2.35. The summed E-state index contributed by atoms with van der Waals surface area (Å²) in [5.41, 5.74) is 0.553. The summed E-state index contributed by atoms with van der Waals surface area (Å²) in [7, 11) is 0. The molecule has 0 saturated heterocycles. The zero-order chi connectivity index (χ0) is 14.8. The second kappa shape index (κ2) is 9.37. The van der Waals surface area contributed by atoms with Crippen LogP contribution in [0.3, 0.4) is 0 Å². The number of carbonyl (C=O) groups is 2. The first-order chi connectivity index (χ1) is 9.63. The third-order valence-corrected chi connectivity index (χ3v) is 3.13. The Morgan fingerprint density at radius 3 is 2.30 bits per heavy atom. The Hall–Kier alpha value is -1.55. The van der Waals surface area contributed by atoms with Crippen molar-refractivity contribution in [2.24, 2.45) is 0 Å². The Balaban J connectivity index is 2.22. The predicted molar refractivity (Wildman–Crippen MR) is 81.9 cm³/mol. The summed E-state index contributed by atoms with van der Waals surface area (Å²) >= 11 is 5.74. The third-order valence-electron chi connectivity index (χ3n) is 2.87. The van der Waals surface area contributed by atoms with Crippen LogP contribution in [-0.4, -0.2) is 18.4 Å². The average molecular weight is 297 g/mol. The molecular formula is C15H21ClN2O2. The second-order valence-electron chi connectivity index (χ2n) is 4.63. The van der Waals surface area contributed by atoms with E-state index in [2.05, 4.69) is 17.6 Å². The van der Waals surface area contributed by atoms with Gasteiger partial charge in [-0.2, -0.15) is 0 Å². The highest BCUT2D eigenvalue weighted by Crippen LogP contribution is 2.13. The molecule has 20 heavy (non-hydrogen) atoms. The Morgan fingerprint density at radius 2 is 1.65 bits per heavy atom. The average Bonchev–Trinajstić information content (AvgIpc) is 2.45. The second-order valence-corrected chi connectivity index (χ2v) is 5.07. The Labute approximate surface area is 124 Å². The van der Waals surface area contributed by atoms with Crippen LogP contribution in [0.5, 0.6) is 0 Å². The van der Waals surface area contributed by atoms with Gasteiger partial charge in [0.05, 0.1) is 0 Å². The van der Waals surface area contributed by atoms with Crippen LogP contribution in [0.15, 0.2) is 24.3 Å². The molecule has 0 aliphatic rings. The quantitative estimate of drug-likeness (QED) is 0.599. The van der Waals surface area contributed by atoms with E-state index in [4.69, 9.17) is 11.6 Å². The Bertz CT molecular complexity index is 432. The molecule has 4 nitrogen and oxygen atoms in total. The van der Waals surface area contributed by atoms with Crippen LogP contribution < -0.4 is 10.6 Å². The number of nitrogens with one attached hydrogen (secondary N) is 2. The van der Waals surface area contributed by atoms with Gasteiger partial charge in [-0.25, -0.2) is 0 Å². The van der Waals surface area contributed by atoms with Crippen LogP contribution in [0.1, 0.15) is 39.0 Å². The van der Waals surface area contributed by atoms with Crippen molar-refractivity contribution in [3.8, 4) is 0 Å². The number of anilines is 1. The molecule has 0 bridgehead atoms. The molecule has 0 aromatic heterocycles. The van der Waals surface area contributed by atoms with Gasteiger partial charge in [0.2, 0.25) is 0 Å². The van der Waals surface area contributed by atoms with Crippen molar-refractivity contribution in [2.45, 2.75) is 39.0 Å². The van der Waals surface area contributed by atoms with Gasteiger partial charge in [0.25, 0.3) is 0 Å². The van der Waals surface area contributed by atoms with Gasteiger partial charge in [-0.1, -0.05) is 44.2 Å². The number of carbonyl (C=O) groups excluding carboxylic acids is 2. The summed E-state index contributed by atoms with van der Waals surface area (Å²) in [6.07, 6.45) is 5.55. The number of amides is 2. The number of benzene rings is 1. The van der Waals surface area contributed by atoms with Gasteiger partial charge < -0.3 is 10.6 Å². The zero-order valence-electron chi connectivity index (χ0n) is 11.7. The molecule has 2 amide bonds. The van der Waals surface area contributed by atoms with E-state index in [1.165, 1.54) is 19.3 Å². The minimum atomic E-state index is -0.652. The van der Waals surface area contributed by atoms with Crippen LogP contribution in [0.4, 0.5) is 5.69 Å². The number of halogens is 1. The molecule has 1 aromatic rings. The highest BCUT2D eigenvalue weighted by Gasteiger charge is 2.12. The van der Waals surface area contributed by atoms with Crippen molar-refractivity contribution < 1.29 is 9.59 Å². The standard InChI is InChI=1S/C15H21ClN2O2/c1-2-3-4-5-6-11-17-14(19)15(20)18-13-9-7-12(16)8-10-13/h7-10H,2-6,11H2,1H3,(H,17,19)(H,18,20). The van der Waals surface area contributed by atoms with E-state index >= 15 is 0 Å². The maximum atomic E-state index is 11.6. The molecule has 1 rings (SSSR count). The van der Waals surface area contributed by atoms with Crippen LogP contribution in [0.2, 0.25) is 5.02 Å². The molecule has 110 valence electrons. The molecule has 0 fully saturated rings. The molecule has 0 heterocycles. The largest absolute Gasteiger partial charge is 0.348 e. The van der Waals surface area contributed by atoms with Crippen LogP contribution in [0.25, 0.3) is 0 Å². The lowest BCUT2D eigenvalue weighted by Gasteiger charge is -2.06. The minimum Gasteiger partial charge on any atom is -0.348 e. The molecule has 0 atom stereocenters. The van der Waals surface area contributed by atoms with Crippen molar-refractivity contribution in [2.75, 3.05) is 11.9 Å². The highest BCUT2D eigenvalue weighted by atomic mass is 35.5. The number of rotatable bonds is 7. The van der Waals surface area contributed by atoms with E-state index in [0.717, 1.165) is 12.8 Å². The van der Waals surface area contributed by atoms with E-state index in [1.54, 1.807) is 24.3 Å². The molecule has 1 aromatic carbocycles. The highest BCUT2D eigenvalue weighted by molar-refractivity contribution is 6.39. The third kappa shape index (κ3) is 6.57. The van der Waals surface area contributed by atoms with Crippen molar-refractivity contribution in [3.63, 3.8) is 0 Å². The first-order valence-electron chi connectivity index (χ1n) is 6.98. The van der Waals surface area contributed by atoms with Gasteiger partial charge in [-0.15, -0.1) is 0 Å². The molecule has 2 N–H and O–H groups in total. The molecule has 5 heteroatoms. The molecule has 0 aliphatic heterocycles. The predicted octanol–water partition coefficient (Wildman–Crippen LogP) is 3.37. The number of unbranched alkanes of at least 4 members (excludes halogenated alkanes) is 4. The van der Waals surface area contributed by atoms with Gasteiger partial charge in [0.15, 0.2) is 0 Å². The summed E-state index contributed by atoms with van der Waals surface area (Å²) in [5, 5.41) is 5.72. The fourth-order valence-electron chi connectivity index (χ4n) is 1.73. The van der Waals surface area contributed by atoms with Crippen LogP contribution in [0, 0.1) is 0 Å². The topological polar surface area (TPSA) is 58.2 Å². The smallest absolute Gasteiger partial charge is 0.313 e.